The summed E-state index contributed by atoms with van der Waals surface area (Å²) in [4.78, 5) is 0. The number of hydrogen-bond acceptors (Lipinski definition) is 3. The van der Waals surface area contributed by atoms with Crippen LogP contribution in [0.3, 0.4) is 0 Å². The van der Waals surface area contributed by atoms with Crippen molar-refractivity contribution in [1.29, 1.82) is 0 Å². The quantitative estimate of drug-likeness (QED) is 0.907. The van der Waals surface area contributed by atoms with Gasteiger partial charge in [-0.15, -0.1) is 0 Å². The summed E-state index contributed by atoms with van der Waals surface area (Å²) in [6.07, 6.45) is 0. The predicted molar refractivity (Wildman–Crippen MR) is 77.3 cm³/mol. The van der Waals surface area contributed by atoms with E-state index in [1.54, 1.807) is 7.11 Å². The van der Waals surface area contributed by atoms with Gasteiger partial charge in [0.05, 0.1) is 13.2 Å². The molecule has 0 heterocycles. The van der Waals surface area contributed by atoms with Crippen LogP contribution in [0.1, 0.15) is 11.1 Å². The maximum atomic E-state index is 9.34. The number of methoxy groups -OCH3 is 1. The second-order valence-electron chi connectivity index (χ2n) is 4.09. The highest BCUT2D eigenvalue weighted by molar-refractivity contribution is 9.10. The molecule has 0 spiro atoms. The van der Waals surface area contributed by atoms with Crippen LogP contribution in [0.4, 0.5) is 0 Å². The summed E-state index contributed by atoms with van der Waals surface area (Å²) in [6, 6.07) is 13.3. The van der Waals surface area contributed by atoms with E-state index in [0.29, 0.717) is 12.4 Å². The fraction of sp³-hybridized carbons (Fsp3) is 0.200. The lowest BCUT2D eigenvalue weighted by Gasteiger charge is -2.11. The van der Waals surface area contributed by atoms with E-state index in [1.165, 1.54) is 0 Å². The molecule has 0 saturated carbocycles. The number of aliphatic hydroxyl groups excluding tert-OH is 1. The fourth-order valence-corrected chi connectivity index (χ4v) is 2.17. The standard InChI is InChI=1S/C15H15BrO3/c1-18-10-11-3-2-4-14(7-11)19-15-6-5-13(16)8-12(15)9-17/h2-8,17H,9-10H2,1H3. The third-order valence-corrected chi connectivity index (χ3v) is 3.12. The van der Waals surface area contributed by atoms with Crippen LogP contribution in [-0.2, 0) is 18.0 Å². The maximum absolute atomic E-state index is 9.34. The van der Waals surface area contributed by atoms with Crippen LogP contribution in [0.25, 0.3) is 0 Å². The summed E-state index contributed by atoms with van der Waals surface area (Å²) in [5.74, 6) is 1.38. The molecule has 0 aliphatic rings. The molecule has 0 bridgehead atoms. The Labute approximate surface area is 120 Å². The molecule has 0 aliphatic carbocycles. The summed E-state index contributed by atoms with van der Waals surface area (Å²) < 4.78 is 11.8. The normalized spacial score (nSPS) is 10.5. The number of benzene rings is 2. The Bertz CT molecular complexity index is 555. The first-order chi connectivity index (χ1) is 9.22. The Hall–Kier alpha value is -1.36. The molecular weight excluding hydrogens is 308 g/mol. The van der Waals surface area contributed by atoms with Crippen molar-refractivity contribution < 1.29 is 14.6 Å². The van der Waals surface area contributed by atoms with Gasteiger partial charge in [-0.25, -0.2) is 0 Å². The highest BCUT2D eigenvalue weighted by Crippen LogP contribution is 2.28. The number of hydrogen-bond donors (Lipinski definition) is 1. The Kier molecular flexibility index (Phi) is 4.96. The molecule has 1 N–H and O–H groups in total. The van der Waals surface area contributed by atoms with Gasteiger partial charge in [-0.3, -0.25) is 0 Å². The van der Waals surface area contributed by atoms with Gasteiger partial charge in [0, 0.05) is 17.1 Å². The summed E-state index contributed by atoms with van der Waals surface area (Å²) in [5, 5.41) is 9.34. The van der Waals surface area contributed by atoms with Gasteiger partial charge < -0.3 is 14.6 Å². The highest BCUT2D eigenvalue weighted by atomic mass is 79.9. The van der Waals surface area contributed by atoms with Crippen LogP contribution in [0.15, 0.2) is 46.9 Å². The SMILES string of the molecule is COCc1cccc(Oc2ccc(Br)cc2CO)c1. The lowest BCUT2D eigenvalue weighted by molar-refractivity contribution is 0.184. The zero-order chi connectivity index (χ0) is 13.7. The van der Waals surface area contributed by atoms with Crippen molar-refractivity contribution in [1.82, 2.24) is 0 Å². The molecule has 2 rings (SSSR count). The van der Waals surface area contributed by atoms with E-state index >= 15 is 0 Å². The van der Waals surface area contributed by atoms with Crippen molar-refractivity contribution in [2.45, 2.75) is 13.2 Å². The number of ether oxygens (including phenoxy) is 2. The van der Waals surface area contributed by atoms with E-state index in [9.17, 15) is 5.11 Å². The monoisotopic (exact) mass is 322 g/mol. The van der Waals surface area contributed by atoms with Gasteiger partial charge in [0.25, 0.3) is 0 Å². The summed E-state index contributed by atoms with van der Waals surface area (Å²) in [6.45, 7) is 0.483. The zero-order valence-corrected chi connectivity index (χ0v) is 12.2. The molecule has 2 aromatic carbocycles. The molecule has 0 saturated heterocycles. The van der Waals surface area contributed by atoms with Crippen LogP contribution in [0.5, 0.6) is 11.5 Å². The minimum absolute atomic E-state index is 0.0630. The van der Waals surface area contributed by atoms with Crippen LogP contribution in [0, 0.1) is 0 Å². The van der Waals surface area contributed by atoms with Gasteiger partial charge in [0.15, 0.2) is 0 Å². The van der Waals surface area contributed by atoms with Crippen LogP contribution >= 0.6 is 15.9 Å². The van der Waals surface area contributed by atoms with Gasteiger partial charge in [0.2, 0.25) is 0 Å². The van der Waals surface area contributed by atoms with Crippen LogP contribution < -0.4 is 4.74 Å². The molecule has 0 amide bonds. The third-order valence-electron chi connectivity index (χ3n) is 2.63. The van der Waals surface area contributed by atoms with Crippen LogP contribution in [-0.4, -0.2) is 12.2 Å². The van der Waals surface area contributed by atoms with E-state index in [-0.39, 0.29) is 6.61 Å². The van der Waals surface area contributed by atoms with E-state index in [0.717, 1.165) is 21.3 Å². The molecule has 0 fully saturated rings. The number of halogens is 1. The van der Waals surface area contributed by atoms with Gasteiger partial charge in [-0.05, 0) is 35.9 Å². The van der Waals surface area contributed by atoms with E-state index < -0.39 is 0 Å². The fourth-order valence-electron chi connectivity index (χ4n) is 1.76. The van der Waals surface area contributed by atoms with Gasteiger partial charge in [-0.1, -0.05) is 28.1 Å². The Morgan fingerprint density at radius 1 is 1.16 bits per heavy atom. The van der Waals surface area contributed by atoms with Gasteiger partial charge in [0.1, 0.15) is 11.5 Å². The molecule has 4 heteroatoms. The summed E-state index contributed by atoms with van der Waals surface area (Å²) >= 11 is 3.37. The average molecular weight is 323 g/mol. The first kappa shape index (κ1) is 14.1. The van der Waals surface area contributed by atoms with Crippen molar-refractivity contribution in [3.63, 3.8) is 0 Å². The Morgan fingerprint density at radius 2 is 2.00 bits per heavy atom. The zero-order valence-electron chi connectivity index (χ0n) is 10.6. The van der Waals surface area contributed by atoms with Crippen molar-refractivity contribution in [2.24, 2.45) is 0 Å². The first-order valence-corrected chi connectivity index (χ1v) is 6.67. The molecular formula is C15H15BrO3. The van der Waals surface area contributed by atoms with Crippen molar-refractivity contribution in [3.8, 4) is 11.5 Å². The minimum atomic E-state index is -0.0630. The van der Waals surface area contributed by atoms with E-state index in [1.807, 2.05) is 42.5 Å². The van der Waals surface area contributed by atoms with Gasteiger partial charge >= 0.3 is 0 Å². The summed E-state index contributed by atoms with van der Waals surface area (Å²) in [7, 11) is 1.66. The second-order valence-corrected chi connectivity index (χ2v) is 5.01. The van der Waals surface area contributed by atoms with Crippen molar-refractivity contribution in [2.75, 3.05) is 7.11 Å². The van der Waals surface area contributed by atoms with Crippen molar-refractivity contribution >= 4 is 15.9 Å². The van der Waals surface area contributed by atoms with E-state index in [4.69, 9.17) is 9.47 Å². The van der Waals surface area contributed by atoms with Gasteiger partial charge in [-0.2, -0.15) is 0 Å². The average Bonchev–Trinajstić information content (AvgIpc) is 2.41. The number of aliphatic hydroxyl groups is 1. The van der Waals surface area contributed by atoms with Crippen molar-refractivity contribution in [3.05, 3.63) is 58.1 Å². The Balaban J connectivity index is 2.23. The van der Waals surface area contributed by atoms with E-state index in [2.05, 4.69) is 15.9 Å². The first-order valence-electron chi connectivity index (χ1n) is 5.88. The predicted octanol–water partition coefficient (Wildman–Crippen LogP) is 3.88. The lowest BCUT2D eigenvalue weighted by Crippen LogP contribution is -1.93. The molecule has 0 aliphatic heterocycles. The largest absolute Gasteiger partial charge is 0.457 e. The Morgan fingerprint density at radius 3 is 2.74 bits per heavy atom. The lowest BCUT2D eigenvalue weighted by atomic mass is 10.2. The third kappa shape index (κ3) is 3.80. The molecule has 3 nitrogen and oxygen atoms in total. The topological polar surface area (TPSA) is 38.7 Å². The molecule has 19 heavy (non-hydrogen) atoms. The minimum Gasteiger partial charge on any atom is -0.457 e. The molecule has 100 valence electrons. The molecule has 0 radical (unpaired) electrons. The molecule has 2 aromatic rings. The number of rotatable bonds is 5. The molecule has 0 unspecified atom stereocenters. The summed E-state index contributed by atoms with van der Waals surface area (Å²) in [5.41, 5.74) is 1.79. The molecule has 0 atom stereocenters. The molecule has 0 aromatic heterocycles. The maximum Gasteiger partial charge on any atom is 0.133 e. The highest BCUT2D eigenvalue weighted by Gasteiger charge is 2.05. The smallest absolute Gasteiger partial charge is 0.133 e. The second kappa shape index (κ2) is 6.70. The van der Waals surface area contributed by atoms with Crippen LogP contribution in [0.2, 0.25) is 0 Å².